The van der Waals surface area contributed by atoms with E-state index in [0.717, 1.165) is 23.7 Å². The van der Waals surface area contributed by atoms with Gasteiger partial charge in [-0.1, -0.05) is 12.1 Å². The zero-order valence-electron chi connectivity index (χ0n) is 13.7. The third kappa shape index (κ3) is 3.77. The second kappa shape index (κ2) is 6.92. The summed E-state index contributed by atoms with van der Waals surface area (Å²) in [6.07, 6.45) is 0.864. The molecule has 4 nitrogen and oxygen atoms in total. The van der Waals surface area contributed by atoms with Crippen molar-refractivity contribution in [1.82, 2.24) is 0 Å². The fourth-order valence-electron chi connectivity index (χ4n) is 2.92. The van der Waals surface area contributed by atoms with Crippen molar-refractivity contribution in [2.75, 3.05) is 19.9 Å². The minimum atomic E-state index is 0.246. The number of aryl methyl sites for hydroxylation is 2. The Morgan fingerprint density at radius 2 is 1.78 bits per heavy atom. The van der Waals surface area contributed by atoms with E-state index in [2.05, 4.69) is 38.1 Å². The van der Waals surface area contributed by atoms with Crippen LogP contribution in [0.25, 0.3) is 0 Å². The maximum absolute atomic E-state index is 5.95. The molecule has 0 saturated heterocycles. The molecule has 2 aromatic rings. The molecule has 0 bridgehead atoms. The van der Waals surface area contributed by atoms with E-state index in [0.29, 0.717) is 19.9 Å². The van der Waals surface area contributed by atoms with Crippen LogP contribution in [0.4, 0.5) is 0 Å². The summed E-state index contributed by atoms with van der Waals surface area (Å²) in [5.41, 5.74) is 9.55. The molecule has 0 radical (unpaired) electrons. The van der Waals surface area contributed by atoms with Crippen LogP contribution in [-0.4, -0.2) is 19.9 Å². The molecular weight excluding hydrogens is 290 g/mol. The monoisotopic (exact) mass is 313 g/mol. The van der Waals surface area contributed by atoms with Crippen LogP contribution in [0.1, 0.15) is 29.0 Å². The van der Waals surface area contributed by atoms with E-state index in [1.807, 2.05) is 12.1 Å². The average molecular weight is 313 g/mol. The molecule has 0 fully saturated rings. The van der Waals surface area contributed by atoms with Gasteiger partial charge in [0, 0.05) is 0 Å². The molecule has 0 amide bonds. The van der Waals surface area contributed by atoms with Gasteiger partial charge in [-0.25, -0.2) is 0 Å². The van der Waals surface area contributed by atoms with Gasteiger partial charge >= 0.3 is 0 Å². The van der Waals surface area contributed by atoms with Gasteiger partial charge in [-0.15, -0.1) is 0 Å². The molecule has 1 aliphatic rings. The first-order valence-corrected chi connectivity index (χ1v) is 7.96. The van der Waals surface area contributed by atoms with E-state index < -0.39 is 0 Å². The molecule has 0 aromatic heterocycles. The van der Waals surface area contributed by atoms with Crippen LogP contribution in [0, 0.1) is 13.8 Å². The number of fused-ring (bicyclic) bond motifs is 1. The van der Waals surface area contributed by atoms with E-state index in [1.54, 1.807) is 0 Å². The van der Waals surface area contributed by atoms with Crippen molar-refractivity contribution in [3.63, 3.8) is 0 Å². The lowest BCUT2D eigenvalue weighted by molar-refractivity contribution is 0.174. The van der Waals surface area contributed by atoms with Gasteiger partial charge in [-0.2, -0.15) is 0 Å². The van der Waals surface area contributed by atoms with Crippen molar-refractivity contribution < 1.29 is 14.2 Å². The summed E-state index contributed by atoms with van der Waals surface area (Å²) < 4.78 is 16.7. The summed E-state index contributed by atoms with van der Waals surface area (Å²) in [6.45, 7) is 5.67. The van der Waals surface area contributed by atoms with Crippen LogP contribution in [-0.2, 0) is 0 Å². The number of rotatable bonds is 6. The molecule has 1 atom stereocenters. The second-order valence-electron chi connectivity index (χ2n) is 6.01. The molecule has 1 unspecified atom stereocenters. The predicted octanol–water partition coefficient (Wildman–Crippen LogP) is 3.54. The number of hydrogen-bond acceptors (Lipinski definition) is 4. The summed E-state index contributed by atoms with van der Waals surface area (Å²) >= 11 is 0. The van der Waals surface area contributed by atoms with Gasteiger partial charge in [-0.3, -0.25) is 0 Å². The lowest BCUT2D eigenvalue weighted by Gasteiger charge is -2.16. The maximum Gasteiger partial charge on any atom is 0.231 e. The van der Waals surface area contributed by atoms with E-state index in [1.165, 1.54) is 16.7 Å². The van der Waals surface area contributed by atoms with Crippen LogP contribution in [0.5, 0.6) is 17.2 Å². The van der Waals surface area contributed by atoms with E-state index in [9.17, 15) is 0 Å². The Hall–Kier alpha value is -2.20. The van der Waals surface area contributed by atoms with Crippen LogP contribution >= 0.6 is 0 Å². The summed E-state index contributed by atoms with van der Waals surface area (Å²) in [5.74, 6) is 2.77. The summed E-state index contributed by atoms with van der Waals surface area (Å²) in [6, 6.07) is 12.3. The minimum Gasteiger partial charge on any atom is -0.494 e. The third-order valence-corrected chi connectivity index (χ3v) is 4.08. The molecule has 0 spiro atoms. The molecule has 122 valence electrons. The molecule has 23 heavy (non-hydrogen) atoms. The lowest BCUT2D eigenvalue weighted by Crippen LogP contribution is -2.15. The van der Waals surface area contributed by atoms with Crippen LogP contribution < -0.4 is 19.9 Å². The van der Waals surface area contributed by atoms with Crippen molar-refractivity contribution in [2.45, 2.75) is 26.2 Å². The Morgan fingerprint density at radius 3 is 2.52 bits per heavy atom. The third-order valence-electron chi connectivity index (χ3n) is 4.08. The molecule has 0 aliphatic carbocycles. The highest BCUT2D eigenvalue weighted by atomic mass is 16.7. The molecule has 1 heterocycles. The lowest BCUT2D eigenvalue weighted by atomic mass is 9.96. The molecule has 1 aliphatic heterocycles. The Kier molecular flexibility index (Phi) is 4.72. The largest absolute Gasteiger partial charge is 0.494 e. The van der Waals surface area contributed by atoms with E-state index in [4.69, 9.17) is 19.9 Å². The van der Waals surface area contributed by atoms with Gasteiger partial charge in [0.15, 0.2) is 11.5 Å². The Balaban J connectivity index is 1.61. The molecule has 2 aromatic carbocycles. The molecule has 4 heteroatoms. The smallest absolute Gasteiger partial charge is 0.231 e. The van der Waals surface area contributed by atoms with Gasteiger partial charge < -0.3 is 19.9 Å². The summed E-state index contributed by atoms with van der Waals surface area (Å²) in [5, 5.41) is 0. The topological polar surface area (TPSA) is 53.7 Å². The molecular formula is C19H23NO3. The molecule has 0 saturated carbocycles. The van der Waals surface area contributed by atoms with Crippen LogP contribution in [0.2, 0.25) is 0 Å². The zero-order chi connectivity index (χ0) is 16.2. The highest BCUT2D eigenvalue weighted by Gasteiger charge is 2.17. The standard InChI is InChI=1S/C19H23NO3/c1-13-7-14(2)9-17(8-13)21-6-5-16(11-20)15-3-4-18-19(10-15)23-12-22-18/h3-4,7-10,16H,5-6,11-12,20H2,1-2H3. The quantitative estimate of drug-likeness (QED) is 0.886. The molecule has 3 rings (SSSR count). The first-order valence-electron chi connectivity index (χ1n) is 7.96. The summed E-state index contributed by atoms with van der Waals surface area (Å²) in [7, 11) is 0. The highest BCUT2D eigenvalue weighted by Crippen LogP contribution is 2.35. The molecule has 2 N–H and O–H groups in total. The van der Waals surface area contributed by atoms with Gasteiger partial charge in [0.25, 0.3) is 0 Å². The van der Waals surface area contributed by atoms with Crippen molar-refractivity contribution in [2.24, 2.45) is 5.73 Å². The zero-order valence-corrected chi connectivity index (χ0v) is 13.7. The maximum atomic E-state index is 5.95. The second-order valence-corrected chi connectivity index (χ2v) is 6.01. The van der Waals surface area contributed by atoms with Crippen molar-refractivity contribution in [1.29, 1.82) is 0 Å². The predicted molar refractivity (Wildman–Crippen MR) is 90.4 cm³/mol. The first-order chi connectivity index (χ1) is 11.2. The highest BCUT2D eigenvalue weighted by molar-refractivity contribution is 5.45. The van der Waals surface area contributed by atoms with E-state index in [-0.39, 0.29) is 5.92 Å². The number of benzene rings is 2. The van der Waals surface area contributed by atoms with Gasteiger partial charge in [0.2, 0.25) is 6.79 Å². The average Bonchev–Trinajstić information content (AvgIpc) is 2.98. The fourth-order valence-corrected chi connectivity index (χ4v) is 2.92. The van der Waals surface area contributed by atoms with Gasteiger partial charge in [-0.05, 0) is 73.7 Å². The Morgan fingerprint density at radius 1 is 1.04 bits per heavy atom. The van der Waals surface area contributed by atoms with E-state index >= 15 is 0 Å². The first kappa shape index (κ1) is 15.7. The number of ether oxygens (including phenoxy) is 3. The summed E-state index contributed by atoms with van der Waals surface area (Å²) in [4.78, 5) is 0. The van der Waals surface area contributed by atoms with Crippen LogP contribution in [0.15, 0.2) is 36.4 Å². The normalized spacial score (nSPS) is 13.9. The number of nitrogens with two attached hydrogens (primary N) is 1. The fraction of sp³-hybridized carbons (Fsp3) is 0.368. The Labute approximate surface area is 137 Å². The van der Waals surface area contributed by atoms with Crippen LogP contribution in [0.3, 0.4) is 0 Å². The van der Waals surface area contributed by atoms with Crippen molar-refractivity contribution >= 4 is 0 Å². The Bertz CT molecular complexity index is 664. The van der Waals surface area contributed by atoms with Crippen molar-refractivity contribution in [3.8, 4) is 17.2 Å². The minimum absolute atomic E-state index is 0.246. The SMILES string of the molecule is Cc1cc(C)cc(OCCC(CN)c2ccc3c(c2)OCO3)c1. The number of hydrogen-bond donors (Lipinski definition) is 1. The van der Waals surface area contributed by atoms with Gasteiger partial charge in [0.1, 0.15) is 5.75 Å². The van der Waals surface area contributed by atoms with Gasteiger partial charge in [0.05, 0.1) is 6.61 Å². The van der Waals surface area contributed by atoms with Crippen molar-refractivity contribution in [3.05, 3.63) is 53.1 Å².